The predicted octanol–water partition coefficient (Wildman–Crippen LogP) is 18.0. The number of aliphatic hydroxyl groups excluding tert-OH is 12. The molecule has 0 amide bonds. The Morgan fingerprint density at radius 1 is 0.389 bits per heavy atom. The summed E-state index contributed by atoms with van der Waals surface area (Å²) in [7, 11) is 0. The molecule has 14 N–H and O–H groups in total. The first-order valence-electron chi connectivity index (χ1n) is 53.0. The van der Waals surface area contributed by atoms with Crippen LogP contribution in [0.2, 0.25) is 0 Å². The second-order valence-corrected chi connectivity index (χ2v) is 49.9. The number of fused-ring (bicyclic) bond motifs is 20. The second-order valence-electron chi connectivity index (χ2n) is 49.9. The second kappa shape index (κ2) is 37.5. The number of nitrogens with one attached hydrogen (secondary N) is 2. The van der Waals surface area contributed by atoms with Crippen molar-refractivity contribution in [3.63, 3.8) is 0 Å². The quantitative estimate of drug-likeness (QED) is 0.0649. The van der Waals surface area contributed by atoms with Crippen molar-refractivity contribution in [2.45, 2.75) is 429 Å². The van der Waals surface area contributed by atoms with Crippen LogP contribution in [0.1, 0.15) is 355 Å². The highest BCUT2D eigenvalue weighted by Gasteiger charge is 2.73. The number of aliphatic imine (C=N–C) groups is 1. The van der Waals surface area contributed by atoms with Crippen LogP contribution in [0.3, 0.4) is 0 Å². The monoisotopic (exact) mass is 1760 g/mol. The Morgan fingerprint density at radius 2 is 0.690 bits per heavy atom. The number of H-pyrrole nitrogens is 1. The molecule has 18 rings (SSSR count). The average Bonchev–Trinajstić information content (AvgIpc) is 1.32. The van der Waals surface area contributed by atoms with Crippen LogP contribution in [0.15, 0.2) is 26.8 Å². The Hall–Kier alpha value is -2.53. The number of hydroxylamine groups is 1. The highest BCUT2D eigenvalue weighted by atomic mass is 16.7. The Bertz CT molecular complexity index is 3910. The summed E-state index contributed by atoms with van der Waals surface area (Å²) in [5.41, 5.74) is 3.25. The summed E-state index contributed by atoms with van der Waals surface area (Å²) in [5.74, 6) is 11.2. The van der Waals surface area contributed by atoms with Crippen LogP contribution in [0.5, 0.6) is 0 Å². The van der Waals surface area contributed by atoms with E-state index in [0.29, 0.717) is 107 Å². The van der Waals surface area contributed by atoms with Gasteiger partial charge in [-0.05, 0) is 376 Å². The Morgan fingerprint density at radius 3 is 0.960 bits per heavy atom. The average molecular weight is 1760 g/mol. The first kappa shape index (κ1) is 98.0. The first-order valence-corrected chi connectivity index (χ1v) is 53.0. The zero-order valence-electron chi connectivity index (χ0n) is 81.7. The summed E-state index contributed by atoms with van der Waals surface area (Å²) in [6.45, 7) is 45.7. The van der Waals surface area contributed by atoms with Gasteiger partial charge >= 0.3 is 5.76 Å². The molecule has 16 aliphatic carbocycles. The Kier molecular flexibility index (Phi) is 29.2. The SMILES string of the molecule is C=C1N=C(CC[C@@H](C)[C@H]2CCC3C4C([C@@H](O)C[C@@]32C)[C@@]2(C)CC[C@@H](O)C[C@H]2[C@@H](CC)[C@H]4O)NO1.CCCC[C@@H](C)[C@H]1CCC2C3C([C@@H](O)C[C@@]21C)[C@@]1(C)CC[C@@H](O)C[C@H]1[C@@H](CC)[C@H]3O.CCC[C@@H](C)[C@H]1CCC2C3C(O)[C@H](CC)[C@@H]4C[C@H](O)CC[C@]4(C)C3[C@@H](O)C[C@@]21C.CC[C@H]1[C@@H](O)C2C3CC[C@H]([C@H](C)Cc4noc(=O)[nH]4)[C@@]3(C)C[C@H](O)C2[C@@]2(C)CC[C@@H](O)C[C@@H]12. The number of aromatic amines is 1. The molecule has 126 heavy (non-hydrogen) atoms. The highest BCUT2D eigenvalue weighted by molar-refractivity contribution is 5.83. The minimum Gasteiger partial charge on any atom is -0.393 e. The predicted molar refractivity (Wildman–Crippen MR) is 495 cm³/mol. The van der Waals surface area contributed by atoms with Crippen LogP contribution in [-0.4, -0.2) is 151 Å². The minimum atomic E-state index is -0.514. The van der Waals surface area contributed by atoms with Crippen molar-refractivity contribution in [3.8, 4) is 0 Å². The van der Waals surface area contributed by atoms with Gasteiger partial charge in [0, 0.05) is 12.8 Å². The van der Waals surface area contributed by atoms with Crippen LogP contribution in [-0.2, 0) is 11.3 Å². The molecule has 1 aromatic heterocycles. The van der Waals surface area contributed by atoms with Gasteiger partial charge in [-0.2, -0.15) is 4.99 Å². The molecule has 17 aliphatic rings. The summed E-state index contributed by atoms with van der Waals surface area (Å²) >= 11 is 0. The van der Waals surface area contributed by atoms with Gasteiger partial charge < -0.3 is 66.1 Å². The van der Waals surface area contributed by atoms with Crippen molar-refractivity contribution in [1.29, 1.82) is 0 Å². The van der Waals surface area contributed by atoms with Gasteiger partial charge in [0.05, 0.1) is 73.2 Å². The molecule has 0 radical (unpaired) electrons. The van der Waals surface area contributed by atoms with Gasteiger partial charge in [0.1, 0.15) is 5.84 Å². The molecule has 16 fully saturated rings. The third-order valence-electron chi connectivity index (χ3n) is 44.5. The van der Waals surface area contributed by atoms with Gasteiger partial charge in [0.15, 0.2) is 5.82 Å². The number of hydrogen-bond donors (Lipinski definition) is 14. The van der Waals surface area contributed by atoms with Crippen LogP contribution in [0, 0.1) is 209 Å². The molecular weight excluding hydrogens is 1580 g/mol. The van der Waals surface area contributed by atoms with E-state index in [9.17, 15) is 66.1 Å². The molecule has 16 saturated carbocycles. The van der Waals surface area contributed by atoms with E-state index in [-0.39, 0.29) is 181 Å². The van der Waals surface area contributed by atoms with E-state index in [0.717, 1.165) is 166 Å². The maximum absolute atomic E-state index is 11.8. The van der Waals surface area contributed by atoms with Gasteiger partial charge in [-0.1, -0.05) is 188 Å². The van der Waals surface area contributed by atoms with Crippen molar-refractivity contribution in [2.24, 2.45) is 214 Å². The number of rotatable bonds is 18. The van der Waals surface area contributed by atoms with E-state index >= 15 is 0 Å². The third-order valence-corrected chi connectivity index (χ3v) is 44.5. The molecule has 48 atom stereocenters. The van der Waals surface area contributed by atoms with E-state index in [1.165, 1.54) is 64.2 Å². The zero-order valence-corrected chi connectivity index (χ0v) is 81.7. The first-order chi connectivity index (χ1) is 59.6. The number of aromatic nitrogens is 2. The molecule has 720 valence electrons. The summed E-state index contributed by atoms with van der Waals surface area (Å²) in [4.78, 5) is 23.6. The van der Waals surface area contributed by atoms with Crippen molar-refractivity contribution < 1.29 is 70.6 Å². The van der Waals surface area contributed by atoms with E-state index in [1.807, 2.05) is 0 Å². The summed E-state index contributed by atoms with van der Waals surface area (Å²) in [6, 6.07) is 0. The molecule has 2 heterocycles. The Balaban J connectivity index is 0.000000130. The number of amidine groups is 1. The molecule has 0 saturated heterocycles. The van der Waals surface area contributed by atoms with Gasteiger partial charge in [-0.25, -0.2) is 10.3 Å². The van der Waals surface area contributed by atoms with Gasteiger partial charge in [-0.3, -0.25) is 9.51 Å². The van der Waals surface area contributed by atoms with Gasteiger partial charge in [0.2, 0.25) is 5.88 Å². The topological polar surface area (TPSA) is 335 Å². The number of hydrogen-bond acceptors (Lipinski definition) is 18. The molecular formula is C107H182N4O15. The van der Waals surface area contributed by atoms with Crippen molar-refractivity contribution in [3.05, 3.63) is 28.8 Å². The third kappa shape index (κ3) is 16.4. The van der Waals surface area contributed by atoms with E-state index in [4.69, 9.17) is 9.36 Å². The van der Waals surface area contributed by atoms with Crippen LogP contribution in [0.4, 0.5) is 0 Å². The van der Waals surface area contributed by atoms with E-state index in [1.54, 1.807) is 0 Å². The summed E-state index contributed by atoms with van der Waals surface area (Å²) < 4.78 is 4.70. The maximum Gasteiger partial charge on any atom is 0.438 e. The largest absolute Gasteiger partial charge is 0.438 e. The summed E-state index contributed by atoms with van der Waals surface area (Å²) in [6.07, 6.45) is 32.0. The van der Waals surface area contributed by atoms with Crippen molar-refractivity contribution in [2.75, 3.05) is 0 Å². The van der Waals surface area contributed by atoms with Crippen molar-refractivity contribution in [1.82, 2.24) is 15.6 Å². The van der Waals surface area contributed by atoms with Gasteiger partial charge in [-0.15, -0.1) is 0 Å². The molecule has 1 aliphatic heterocycles. The maximum atomic E-state index is 11.8. The molecule has 13 unspecified atom stereocenters. The molecule has 19 nitrogen and oxygen atoms in total. The van der Waals surface area contributed by atoms with Crippen LogP contribution >= 0.6 is 0 Å². The molecule has 0 aromatic carbocycles. The van der Waals surface area contributed by atoms with Crippen LogP contribution < -0.4 is 11.2 Å². The van der Waals surface area contributed by atoms with Crippen LogP contribution in [0.25, 0.3) is 0 Å². The fraction of sp³-hybridized carbons (Fsp3) is 0.953. The lowest BCUT2D eigenvalue weighted by atomic mass is 9.40. The highest BCUT2D eigenvalue weighted by Crippen LogP contribution is 2.76. The molecule has 19 heteroatoms. The minimum absolute atomic E-state index is 0.00291. The number of unbranched alkanes of at least 4 members (excludes halogenated alkanes) is 1. The fourth-order valence-corrected chi connectivity index (χ4v) is 39.4. The van der Waals surface area contributed by atoms with E-state index < -0.39 is 18.0 Å². The zero-order chi connectivity index (χ0) is 91.1. The fourth-order valence-electron chi connectivity index (χ4n) is 39.4. The smallest absolute Gasteiger partial charge is 0.393 e. The molecule has 0 spiro atoms. The van der Waals surface area contributed by atoms with Crippen molar-refractivity contribution >= 4 is 5.84 Å². The lowest BCUT2D eigenvalue weighted by molar-refractivity contribution is -0.235. The number of nitrogens with zero attached hydrogens (tertiary/aromatic N) is 2. The standard InChI is InChI=1S/C28H46N2O4.C27H48O3.C26H42N2O5.C26H46O3/c1-6-18-21-13-17(31)11-12-27(21,4)25-22(32)14-28(5)19(8-9-20(28)24(25)26(18)33)15(2)7-10-23-29-16(3)34-30-23;1-6-8-9-16(3)19-10-11-20-23-24(22(29)15-27(19,20)5)26(4)13-12-17(28)14-21(26)18(7-2)25(23)30;1-5-15-18-11-14(29)8-9-25(18,3)22-19(30)12-26(4)16(6-7-17(26)21(22)23(15)31)13(2)10-20-27-24(32)33-28-20;1-6-8-15(3)18-9-10-19-22-23(21(28)14-26(18,19)5)25(4)12-11-16(27)13-20(25)17(7-2)24(22)29/h15,17-22,24-26,31-33H,3,6-14H2,1-2,4-5H3,(H,29,30);16-25,28-30H,6-15H2,1-5H3;13-19,21-23,29-31H,5-12H2,1-4H3,(H,27,28,32);15-24,27-29H,6-14H2,1-5H3/t15-,17-,18-,19-,20?,21+,22+,24?,25?,26-,27+,28-;16-,17-,18-,19-,20?,21+,22+,23?,24?,25-,26+,27-;13-,14-,15-,16-,17?,18+,19+,21?,22?,23-,25+,26-;15-,16-,17-,18-,19?,20+,21+,22?,23?,24?,25+,26-/m1111/s1. The lowest BCUT2D eigenvalue weighted by Gasteiger charge is -2.66. The number of aliphatic hydroxyl groups is 12. The molecule has 0 bridgehead atoms. The molecule has 1 aromatic rings. The van der Waals surface area contributed by atoms with E-state index in [2.05, 4.69) is 152 Å². The van der Waals surface area contributed by atoms with Gasteiger partial charge in [0.25, 0.3) is 0 Å². The lowest BCUT2D eigenvalue weighted by Crippen LogP contribution is -2.65. The Labute approximate surface area is 759 Å². The summed E-state index contributed by atoms with van der Waals surface area (Å²) in [5, 5.41) is 140. The normalized spacial score (nSPS) is 52.7.